The maximum Gasteiger partial charge on any atom is 0.407 e. The van der Waals surface area contributed by atoms with Gasteiger partial charge in [0.2, 0.25) is 11.8 Å². The summed E-state index contributed by atoms with van der Waals surface area (Å²) in [7, 11) is 0. The summed E-state index contributed by atoms with van der Waals surface area (Å²) >= 11 is 0. The Morgan fingerprint density at radius 3 is 1.87 bits per heavy atom. The number of nitrogens with one attached hydrogen (secondary N) is 4. The summed E-state index contributed by atoms with van der Waals surface area (Å²) in [6.07, 6.45) is 4.83. The van der Waals surface area contributed by atoms with Crippen molar-refractivity contribution in [3.63, 3.8) is 0 Å². The molecular formula is C28H52N4O6. The highest BCUT2D eigenvalue weighted by atomic mass is 16.6. The maximum absolute atomic E-state index is 11.7. The van der Waals surface area contributed by atoms with E-state index < -0.39 is 23.4 Å². The molecule has 4 amide bonds. The zero-order chi connectivity index (χ0) is 29.4. The van der Waals surface area contributed by atoms with Crippen LogP contribution in [0.1, 0.15) is 103 Å². The summed E-state index contributed by atoms with van der Waals surface area (Å²) in [6.45, 7) is 20.0. The maximum atomic E-state index is 11.7. The summed E-state index contributed by atoms with van der Waals surface area (Å²) in [5, 5.41) is 11.2. The van der Waals surface area contributed by atoms with Crippen molar-refractivity contribution >= 4 is 24.0 Å². The molecule has 2 heterocycles. The van der Waals surface area contributed by atoms with Crippen molar-refractivity contribution in [2.45, 2.75) is 124 Å². The molecule has 0 radical (unpaired) electrons. The molecule has 38 heavy (non-hydrogen) atoms. The molecule has 1 atom stereocenters. The van der Waals surface area contributed by atoms with Crippen molar-refractivity contribution in [3.8, 4) is 0 Å². The van der Waals surface area contributed by atoms with Crippen LogP contribution in [-0.2, 0) is 19.1 Å². The average Bonchev–Trinajstić information content (AvgIpc) is 3.11. The predicted molar refractivity (Wildman–Crippen MR) is 150 cm³/mol. The molecule has 2 aliphatic heterocycles. The number of rotatable bonds is 7. The molecule has 0 aromatic rings. The van der Waals surface area contributed by atoms with Gasteiger partial charge in [-0.25, -0.2) is 9.59 Å². The first-order valence-corrected chi connectivity index (χ1v) is 13.5. The Labute approximate surface area is 229 Å². The van der Waals surface area contributed by atoms with Crippen LogP contribution in [0.25, 0.3) is 0 Å². The Kier molecular flexibility index (Phi) is 11.7. The molecule has 0 saturated carbocycles. The fourth-order valence-electron chi connectivity index (χ4n) is 4.17. The van der Waals surface area contributed by atoms with Crippen molar-refractivity contribution < 1.29 is 30.1 Å². The molecular weight excluding hydrogens is 488 g/mol. The first-order valence-electron chi connectivity index (χ1n) is 13.5. The fourth-order valence-corrected chi connectivity index (χ4v) is 4.17. The van der Waals surface area contributed by atoms with Crippen LogP contribution in [0.5, 0.6) is 0 Å². The molecule has 2 fully saturated rings. The summed E-state index contributed by atoms with van der Waals surface area (Å²) in [4.78, 5) is 46.1. The zero-order valence-electron chi connectivity index (χ0n) is 25.1. The number of carbonyl (C=O) groups excluding carboxylic acids is 4. The molecule has 0 unspecified atom stereocenters. The molecule has 10 heteroatoms. The second-order valence-electron chi connectivity index (χ2n) is 13.3. The third-order valence-corrected chi connectivity index (χ3v) is 5.57. The first-order chi connectivity index (χ1) is 17.2. The molecule has 2 rings (SSSR count). The van der Waals surface area contributed by atoms with Gasteiger partial charge in [0.25, 0.3) is 0 Å². The van der Waals surface area contributed by atoms with E-state index in [-0.39, 0.29) is 30.2 Å². The molecule has 2 aliphatic rings. The van der Waals surface area contributed by atoms with Gasteiger partial charge in [0.05, 0.1) is 0 Å². The quantitative estimate of drug-likeness (QED) is 0.276. The largest absolute Gasteiger partial charge is 0.444 e. The Hall–Kier alpha value is -2.78. The number of ether oxygens (including phenoxy) is 2. The Morgan fingerprint density at radius 1 is 0.921 bits per heavy atom. The second-order valence-corrected chi connectivity index (χ2v) is 13.3. The van der Waals surface area contributed by atoms with Crippen LogP contribution < -0.4 is 21.3 Å². The summed E-state index contributed by atoms with van der Waals surface area (Å²) in [6, 6.07) is 0. The van der Waals surface area contributed by atoms with Crippen molar-refractivity contribution in [1.82, 2.24) is 21.3 Å². The van der Waals surface area contributed by atoms with Crippen molar-refractivity contribution in [3.05, 3.63) is 11.6 Å². The van der Waals surface area contributed by atoms with Crippen LogP contribution in [0.15, 0.2) is 11.6 Å². The molecule has 2 saturated heterocycles. The van der Waals surface area contributed by atoms with Gasteiger partial charge in [0.1, 0.15) is 11.2 Å². The van der Waals surface area contributed by atoms with E-state index in [1.807, 2.05) is 75.3 Å². The van der Waals surface area contributed by atoms with Gasteiger partial charge in [-0.3, -0.25) is 9.59 Å². The van der Waals surface area contributed by atoms with E-state index in [2.05, 4.69) is 21.3 Å². The van der Waals surface area contributed by atoms with Crippen LogP contribution in [-0.4, -0.2) is 59.4 Å². The van der Waals surface area contributed by atoms with Crippen molar-refractivity contribution in [2.75, 3.05) is 13.1 Å². The van der Waals surface area contributed by atoms with Gasteiger partial charge < -0.3 is 30.7 Å². The minimum Gasteiger partial charge on any atom is -0.444 e. The van der Waals surface area contributed by atoms with Gasteiger partial charge in [-0.05, 0) is 94.9 Å². The smallest absolute Gasteiger partial charge is 0.407 e. The van der Waals surface area contributed by atoms with Gasteiger partial charge in [0, 0.05) is 43.5 Å². The van der Waals surface area contributed by atoms with Crippen molar-refractivity contribution in [2.24, 2.45) is 5.92 Å². The SMILES string of the molecule is CC1(C)CC(=CCCNC(=O)OC(C)(C)C)C(=O)N1.CC1(C)C[C@H](CCCNC(=O)OC(C)(C)C)C(=O)N1.[HH]. The molecule has 10 nitrogen and oxygen atoms in total. The highest BCUT2D eigenvalue weighted by Gasteiger charge is 2.36. The van der Waals surface area contributed by atoms with E-state index >= 15 is 0 Å². The number of hydrogen-bond donors (Lipinski definition) is 4. The van der Waals surface area contributed by atoms with Gasteiger partial charge in [0.15, 0.2) is 0 Å². The third kappa shape index (κ3) is 14.2. The summed E-state index contributed by atoms with van der Waals surface area (Å²) < 4.78 is 10.2. The van der Waals surface area contributed by atoms with E-state index in [1.54, 1.807) is 0 Å². The lowest BCUT2D eigenvalue weighted by molar-refractivity contribution is -0.123. The summed E-state index contributed by atoms with van der Waals surface area (Å²) in [5.74, 6) is 0.181. The molecule has 0 aromatic heterocycles. The van der Waals surface area contributed by atoms with Gasteiger partial charge >= 0.3 is 12.2 Å². The Balaban J connectivity index is 0.000000722. The minimum atomic E-state index is -0.488. The zero-order valence-corrected chi connectivity index (χ0v) is 25.1. The number of hydrogen-bond acceptors (Lipinski definition) is 6. The van der Waals surface area contributed by atoms with Crippen LogP contribution in [0, 0.1) is 5.92 Å². The highest BCUT2D eigenvalue weighted by Crippen LogP contribution is 2.27. The van der Waals surface area contributed by atoms with Crippen molar-refractivity contribution in [1.29, 1.82) is 0 Å². The topological polar surface area (TPSA) is 135 Å². The van der Waals surface area contributed by atoms with Crippen LogP contribution in [0.4, 0.5) is 9.59 Å². The monoisotopic (exact) mass is 540 g/mol. The lowest BCUT2D eigenvalue weighted by atomic mass is 9.93. The highest BCUT2D eigenvalue weighted by molar-refractivity contribution is 5.96. The van der Waals surface area contributed by atoms with Crippen LogP contribution >= 0.6 is 0 Å². The molecule has 0 bridgehead atoms. The summed E-state index contributed by atoms with van der Waals surface area (Å²) in [5.41, 5.74) is -0.435. The van der Waals surface area contributed by atoms with E-state index in [4.69, 9.17) is 9.47 Å². The molecule has 0 aromatic carbocycles. The lowest BCUT2D eigenvalue weighted by Gasteiger charge is -2.19. The lowest BCUT2D eigenvalue weighted by Crippen LogP contribution is -2.34. The second kappa shape index (κ2) is 13.3. The van der Waals surface area contributed by atoms with Crippen LogP contribution in [0.2, 0.25) is 0 Å². The number of alkyl carbamates (subject to hydrolysis) is 2. The molecule has 4 N–H and O–H groups in total. The van der Waals surface area contributed by atoms with Gasteiger partial charge in [-0.15, -0.1) is 0 Å². The first kappa shape index (κ1) is 33.2. The van der Waals surface area contributed by atoms with E-state index in [9.17, 15) is 19.2 Å². The standard InChI is InChI=1S/C14H26N2O3.C14H24N2O3.H2/c2*1-13(2,3)19-12(18)15-8-6-7-10-9-14(4,5)16-11(10)17;/h10H,6-9H2,1-5H3,(H,15,18)(H,16,17);7H,6,8-9H2,1-5H3,(H,15,18)(H,16,17);1H/t10-;;/m0../s1. The fraction of sp³-hybridized carbons (Fsp3) is 0.786. The van der Waals surface area contributed by atoms with E-state index in [0.717, 1.165) is 31.3 Å². The third-order valence-electron chi connectivity index (χ3n) is 5.57. The van der Waals surface area contributed by atoms with E-state index in [0.29, 0.717) is 19.5 Å². The molecule has 220 valence electrons. The Bertz CT molecular complexity index is 887. The molecule has 0 spiro atoms. The minimum absolute atomic E-state index is 0. The predicted octanol–water partition coefficient (Wildman–Crippen LogP) is 4.58. The normalized spacial score (nSPS) is 21.1. The van der Waals surface area contributed by atoms with Gasteiger partial charge in [-0.1, -0.05) is 6.08 Å². The average molecular weight is 541 g/mol. The number of carbonyl (C=O) groups is 4. The van der Waals surface area contributed by atoms with E-state index in [1.165, 1.54) is 0 Å². The van der Waals surface area contributed by atoms with Crippen LogP contribution in [0.3, 0.4) is 0 Å². The molecule has 0 aliphatic carbocycles. The number of amides is 4. The Morgan fingerprint density at radius 2 is 1.45 bits per heavy atom. The van der Waals surface area contributed by atoms with Gasteiger partial charge in [-0.2, -0.15) is 0 Å².